The minimum Gasteiger partial charge on any atom is -0.455 e. The molecule has 0 fully saturated rings. The molecule has 0 N–H and O–H groups in total. The van der Waals surface area contributed by atoms with Crippen molar-refractivity contribution < 1.29 is 8.81 Å². The topological polar surface area (TPSA) is 26.0 Å². The number of halogens is 1. The number of rotatable bonds is 1. The summed E-state index contributed by atoms with van der Waals surface area (Å²) in [6.07, 6.45) is 1.75. The highest BCUT2D eigenvalue weighted by Crippen LogP contribution is 2.35. The van der Waals surface area contributed by atoms with E-state index in [-0.39, 0.29) is 5.82 Å². The fourth-order valence-corrected chi connectivity index (χ4v) is 2.49. The SMILES string of the molecule is Fc1ccc2oc3c(-c4ccccn4)cccc3c2c1. The number of nitrogens with zero attached hydrogens (tertiary/aromatic N) is 1. The zero-order valence-corrected chi connectivity index (χ0v) is 10.5. The normalized spacial score (nSPS) is 11.2. The third kappa shape index (κ3) is 1.60. The van der Waals surface area contributed by atoms with Gasteiger partial charge in [0.2, 0.25) is 0 Å². The summed E-state index contributed by atoms with van der Waals surface area (Å²) in [5.41, 5.74) is 3.19. The molecule has 0 radical (unpaired) electrons. The van der Waals surface area contributed by atoms with Crippen LogP contribution < -0.4 is 0 Å². The quantitative estimate of drug-likeness (QED) is 0.493. The predicted octanol–water partition coefficient (Wildman–Crippen LogP) is 4.79. The van der Waals surface area contributed by atoms with Crippen molar-refractivity contribution in [3.63, 3.8) is 0 Å². The van der Waals surface area contributed by atoms with E-state index >= 15 is 0 Å². The first kappa shape index (κ1) is 11.2. The van der Waals surface area contributed by atoms with Crippen LogP contribution in [-0.4, -0.2) is 4.98 Å². The van der Waals surface area contributed by atoms with Crippen molar-refractivity contribution in [2.24, 2.45) is 0 Å². The molecule has 0 unspecified atom stereocenters. The lowest BCUT2D eigenvalue weighted by Gasteiger charge is -2.00. The molecule has 3 heteroatoms. The number of hydrogen-bond donors (Lipinski definition) is 0. The fourth-order valence-electron chi connectivity index (χ4n) is 2.49. The molecular formula is C17H10FNO. The standard InChI is InChI=1S/C17H10FNO/c18-11-7-8-16-14(10-11)12-4-3-5-13(17(12)20-16)15-6-1-2-9-19-15/h1-10H. The smallest absolute Gasteiger partial charge is 0.144 e. The third-order valence-electron chi connectivity index (χ3n) is 3.40. The van der Waals surface area contributed by atoms with Crippen LogP contribution in [0.4, 0.5) is 4.39 Å². The summed E-state index contributed by atoms with van der Waals surface area (Å²) in [6.45, 7) is 0. The van der Waals surface area contributed by atoms with E-state index in [1.54, 1.807) is 12.3 Å². The maximum atomic E-state index is 13.4. The number of fused-ring (bicyclic) bond motifs is 3. The molecule has 0 bridgehead atoms. The second kappa shape index (κ2) is 4.17. The molecule has 0 aliphatic rings. The van der Waals surface area contributed by atoms with Gasteiger partial charge >= 0.3 is 0 Å². The van der Waals surface area contributed by atoms with Gasteiger partial charge in [0.25, 0.3) is 0 Å². The van der Waals surface area contributed by atoms with Gasteiger partial charge in [0.15, 0.2) is 0 Å². The van der Waals surface area contributed by atoms with Crippen LogP contribution >= 0.6 is 0 Å². The van der Waals surface area contributed by atoms with Crippen molar-refractivity contribution >= 4 is 21.9 Å². The van der Waals surface area contributed by atoms with Gasteiger partial charge in [-0.15, -0.1) is 0 Å². The van der Waals surface area contributed by atoms with E-state index in [1.807, 2.05) is 36.4 Å². The van der Waals surface area contributed by atoms with Gasteiger partial charge in [-0.05, 0) is 36.4 Å². The summed E-state index contributed by atoms with van der Waals surface area (Å²) < 4.78 is 19.3. The Morgan fingerprint density at radius 3 is 2.70 bits per heavy atom. The molecule has 0 spiro atoms. The number of para-hydroxylation sites is 1. The lowest BCUT2D eigenvalue weighted by Crippen LogP contribution is -1.82. The van der Waals surface area contributed by atoms with E-state index in [9.17, 15) is 4.39 Å². The van der Waals surface area contributed by atoms with Gasteiger partial charge in [-0.25, -0.2) is 4.39 Å². The van der Waals surface area contributed by atoms with Crippen molar-refractivity contribution in [3.8, 4) is 11.3 Å². The van der Waals surface area contributed by atoms with Crippen LogP contribution in [0.15, 0.2) is 65.2 Å². The summed E-state index contributed by atoms with van der Waals surface area (Å²) in [6, 6.07) is 16.1. The van der Waals surface area contributed by atoms with Gasteiger partial charge in [-0.3, -0.25) is 4.98 Å². The van der Waals surface area contributed by atoms with Gasteiger partial charge in [0.05, 0.1) is 5.69 Å². The second-order valence-electron chi connectivity index (χ2n) is 4.64. The van der Waals surface area contributed by atoms with Gasteiger partial charge in [0, 0.05) is 22.5 Å². The zero-order valence-electron chi connectivity index (χ0n) is 10.5. The lowest BCUT2D eigenvalue weighted by atomic mass is 10.1. The predicted molar refractivity (Wildman–Crippen MR) is 76.9 cm³/mol. The number of pyridine rings is 1. The molecule has 0 atom stereocenters. The Kier molecular flexibility index (Phi) is 2.33. The van der Waals surface area contributed by atoms with Crippen molar-refractivity contribution in [2.45, 2.75) is 0 Å². The van der Waals surface area contributed by atoms with E-state index in [1.165, 1.54) is 12.1 Å². The first-order valence-electron chi connectivity index (χ1n) is 6.35. The molecule has 4 aromatic rings. The van der Waals surface area contributed by atoms with E-state index in [2.05, 4.69) is 4.98 Å². The molecule has 96 valence electrons. The minimum atomic E-state index is -0.261. The molecule has 2 heterocycles. The van der Waals surface area contributed by atoms with Gasteiger partial charge in [-0.1, -0.05) is 18.2 Å². The summed E-state index contributed by atoms with van der Waals surface area (Å²) in [4.78, 5) is 4.35. The third-order valence-corrected chi connectivity index (χ3v) is 3.40. The molecule has 4 rings (SSSR count). The van der Waals surface area contributed by atoms with Crippen LogP contribution in [0.1, 0.15) is 0 Å². The highest BCUT2D eigenvalue weighted by atomic mass is 19.1. The molecule has 20 heavy (non-hydrogen) atoms. The monoisotopic (exact) mass is 263 g/mol. The maximum absolute atomic E-state index is 13.4. The Hall–Kier alpha value is -2.68. The summed E-state index contributed by atoms with van der Waals surface area (Å²) in [5, 5.41) is 1.69. The molecule has 0 amide bonds. The summed E-state index contributed by atoms with van der Waals surface area (Å²) >= 11 is 0. The second-order valence-corrected chi connectivity index (χ2v) is 4.64. The number of aromatic nitrogens is 1. The first-order chi connectivity index (χ1) is 9.83. The average Bonchev–Trinajstić information content (AvgIpc) is 2.86. The molecule has 0 aliphatic carbocycles. The van der Waals surface area contributed by atoms with Crippen molar-refractivity contribution in [1.82, 2.24) is 4.98 Å². The minimum absolute atomic E-state index is 0.261. The molecule has 2 nitrogen and oxygen atoms in total. The summed E-state index contributed by atoms with van der Waals surface area (Å²) in [5.74, 6) is -0.261. The lowest BCUT2D eigenvalue weighted by molar-refractivity contribution is 0.626. The van der Waals surface area contributed by atoms with Crippen molar-refractivity contribution in [2.75, 3.05) is 0 Å². The number of benzene rings is 2. The van der Waals surface area contributed by atoms with Crippen LogP contribution in [0.5, 0.6) is 0 Å². The van der Waals surface area contributed by atoms with Crippen LogP contribution in [0, 0.1) is 5.82 Å². The van der Waals surface area contributed by atoms with Gasteiger partial charge in [0.1, 0.15) is 17.0 Å². The molecule has 2 aromatic heterocycles. The van der Waals surface area contributed by atoms with Crippen LogP contribution in [0.2, 0.25) is 0 Å². The van der Waals surface area contributed by atoms with Crippen molar-refractivity contribution in [3.05, 3.63) is 66.6 Å². The largest absolute Gasteiger partial charge is 0.455 e. The molecular weight excluding hydrogens is 253 g/mol. The number of hydrogen-bond acceptors (Lipinski definition) is 2. The first-order valence-corrected chi connectivity index (χ1v) is 6.35. The van der Waals surface area contributed by atoms with E-state index in [4.69, 9.17) is 4.42 Å². The molecule has 0 saturated carbocycles. The Balaban J connectivity index is 2.11. The van der Waals surface area contributed by atoms with E-state index in [0.717, 1.165) is 27.6 Å². The highest BCUT2D eigenvalue weighted by molar-refractivity contribution is 6.09. The summed E-state index contributed by atoms with van der Waals surface area (Å²) in [7, 11) is 0. The Morgan fingerprint density at radius 1 is 0.900 bits per heavy atom. The van der Waals surface area contributed by atoms with Crippen molar-refractivity contribution in [1.29, 1.82) is 0 Å². The Labute approximate surface area is 114 Å². The van der Waals surface area contributed by atoms with Gasteiger partial charge < -0.3 is 4.42 Å². The van der Waals surface area contributed by atoms with E-state index < -0.39 is 0 Å². The Bertz CT molecular complexity index is 912. The molecule has 0 saturated heterocycles. The average molecular weight is 263 g/mol. The zero-order chi connectivity index (χ0) is 13.5. The number of furan rings is 1. The van der Waals surface area contributed by atoms with Crippen LogP contribution in [0.25, 0.3) is 33.2 Å². The maximum Gasteiger partial charge on any atom is 0.144 e. The highest BCUT2D eigenvalue weighted by Gasteiger charge is 2.12. The van der Waals surface area contributed by atoms with E-state index in [0.29, 0.717) is 5.58 Å². The van der Waals surface area contributed by atoms with Crippen LogP contribution in [-0.2, 0) is 0 Å². The fraction of sp³-hybridized carbons (Fsp3) is 0. The van der Waals surface area contributed by atoms with Gasteiger partial charge in [-0.2, -0.15) is 0 Å². The van der Waals surface area contributed by atoms with Crippen LogP contribution in [0.3, 0.4) is 0 Å². The molecule has 2 aromatic carbocycles. The Morgan fingerprint density at radius 2 is 1.85 bits per heavy atom. The molecule has 0 aliphatic heterocycles.